The second-order valence-corrected chi connectivity index (χ2v) is 5.86. The molecule has 1 aliphatic carbocycles. The first-order chi connectivity index (χ1) is 10.2. The van der Waals surface area contributed by atoms with E-state index in [2.05, 4.69) is 5.92 Å². The zero-order valence-electron chi connectivity index (χ0n) is 11.8. The van der Waals surface area contributed by atoms with E-state index < -0.39 is 0 Å². The molecule has 0 radical (unpaired) electrons. The minimum atomic E-state index is 0.453. The van der Waals surface area contributed by atoms with Crippen molar-refractivity contribution in [1.82, 2.24) is 9.55 Å². The van der Waals surface area contributed by atoms with Gasteiger partial charge in [-0.25, -0.2) is 4.98 Å². The van der Waals surface area contributed by atoms with Crippen molar-refractivity contribution >= 4 is 17.4 Å². The van der Waals surface area contributed by atoms with E-state index in [9.17, 15) is 0 Å². The third-order valence-corrected chi connectivity index (χ3v) is 4.46. The van der Waals surface area contributed by atoms with E-state index in [0.29, 0.717) is 23.3 Å². The molecular weight excluding hydrogens is 282 g/mol. The Kier molecular flexibility index (Phi) is 3.90. The van der Waals surface area contributed by atoms with Gasteiger partial charge in [-0.3, -0.25) is 0 Å². The zero-order valence-corrected chi connectivity index (χ0v) is 12.6. The Balaban J connectivity index is 2.12. The first kappa shape index (κ1) is 14.0. The lowest BCUT2D eigenvalue weighted by Gasteiger charge is -2.11. The van der Waals surface area contributed by atoms with Crippen molar-refractivity contribution in [3.63, 3.8) is 0 Å². The van der Waals surface area contributed by atoms with Gasteiger partial charge in [0.25, 0.3) is 0 Å². The Hall–Kier alpha value is -1.92. The van der Waals surface area contributed by atoms with E-state index in [1.54, 1.807) is 0 Å². The third-order valence-electron chi connectivity index (χ3n) is 4.14. The van der Waals surface area contributed by atoms with Crippen LogP contribution in [-0.2, 0) is 6.54 Å². The quantitative estimate of drug-likeness (QED) is 0.868. The van der Waals surface area contributed by atoms with Crippen LogP contribution in [-0.4, -0.2) is 9.55 Å². The molecule has 2 N–H and O–H groups in total. The molecule has 1 fully saturated rings. The van der Waals surface area contributed by atoms with Crippen molar-refractivity contribution in [3.05, 3.63) is 35.1 Å². The van der Waals surface area contributed by atoms with Crippen LogP contribution in [0.25, 0.3) is 11.3 Å². The Labute approximate surface area is 130 Å². The summed E-state index contributed by atoms with van der Waals surface area (Å²) in [6.45, 7) is 0.453. The molecule has 21 heavy (non-hydrogen) atoms. The minimum absolute atomic E-state index is 0.453. The molecule has 1 heterocycles. The monoisotopic (exact) mass is 299 g/mol. The zero-order chi connectivity index (χ0) is 14.8. The van der Waals surface area contributed by atoms with E-state index >= 15 is 0 Å². The van der Waals surface area contributed by atoms with Crippen LogP contribution in [0.15, 0.2) is 24.3 Å². The normalized spacial score (nSPS) is 15.2. The minimum Gasteiger partial charge on any atom is -0.383 e. The Morgan fingerprint density at radius 2 is 2.05 bits per heavy atom. The largest absolute Gasteiger partial charge is 0.383 e. The van der Waals surface area contributed by atoms with E-state index in [0.717, 1.165) is 29.9 Å². The van der Waals surface area contributed by atoms with E-state index in [1.165, 1.54) is 12.8 Å². The second kappa shape index (κ2) is 5.83. The fourth-order valence-electron chi connectivity index (χ4n) is 3.09. The van der Waals surface area contributed by atoms with Gasteiger partial charge >= 0.3 is 0 Å². The lowest BCUT2D eigenvalue weighted by Crippen LogP contribution is -2.09. The number of nitrogens with two attached hydrogens (primary N) is 1. The van der Waals surface area contributed by atoms with Crippen LogP contribution in [0.4, 0.5) is 5.82 Å². The molecule has 3 nitrogen and oxygen atoms in total. The molecule has 0 atom stereocenters. The molecule has 108 valence electrons. The van der Waals surface area contributed by atoms with Crippen molar-refractivity contribution in [3.8, 4) is 23.6 Å². The second-order valence-electron chi connectivity index (χ2n) is 5.46. The molecule has 1 aromatic carbocycles. The van der Waals surface area contributed by atoms with Crippen LogP contribution in [0.2, 0.25) is 5.02 Å². The first-order valence-corrected chi connectivity index (χ1v) is 7.64. The molecule has 4 heteroatoms. The van der Waals surface area contributed by atoms with Gasteiger partial charge in [0, 0.05) is 11.5 Å². The van der Waals surface area contributed by atoms with Gasteiger partial charge in [-0.05, 0) is 18.9 Å². The highest BCUT2D eigenvalue weighted by molar-refractivity contribution is 6.33. The molecule has 0 unspecified atom stereocenters. The highest BCUT2D eigenvalue weighted by atomic mass is 35.5. The predicted octanol–water partition coefficient (Wildman–Crippen LogP) is 4.08. The molecule has 0 saturated heterocycles. The molecular formula is C17H18ClN3. The van der Waals surface area contributed by atoms with Crippen molar-refractivity contribution in [1.29, 1.82) is 0 Å². The number of aromatic nitrogens is 2. The van der Waals surface area contributed by atoms with Crippen molar-refractivity contribution in [2.24, 2.45) is 0 Å². The molecule has 0 aliphatic heterocycles. The maximum absolute atomic E-state index is 6.31. The summed E-state index contributed by atoms with van der Waals surface area (Å²) in [5, 5.41) is 0.660. The molecule has 1 saturated carbocycles. The number of terminal acetylenes is 1. The summed E-state index contributed by atoms with van der Waals surface area (Å²) in [5.74, 6) is 4.76. The highest BCUT2D eigenvalue weighted by Crippen LogP contribution is 2.38. The van der Waals surface area contributed by atoms with Crippen LogP contribution in [0.3, 0.4) is 0 Å². The number of nitrogen functional groups attached to an aromatic ring is 1. The lowest BCUT2D eigenvalue weighted by molar-refractivity contribution is 0.622. The molecule has 0 amide bonds. The average molecular weight is 300 g/mol. The molecule has 1 aromatic heterocycles. The molecule has 0 spiro atoms. The summed E-state index contributed by atoms with van der Waals surface area (Å²) >= 11 is 6.28. The van der Waals surface area contributed by atoms with Crippen LogP contribution >= 0.6 is 11.6 Å². The Morgan fingerprint density at radius 3 is 2.71 bits per heavy atom. The fraction of sp³-hybridized carbons (Fsp3) is 0.353. The smallest absolute Gasteiger partial charge is 0.132 e. The summed E-state index contributed by atoms with van der Waals surface area (Å²) in [6, 6.07) is 7.64. The standard InChI is InChI=1S/C17H18ClN3/c1-2-11-21-16(19)15(13-9-5-6-10-14(13)18)20-17(21)12-7-3-4-8-12/h1,5-6,9-10,12H,3-4,7-8,11,19H2. The van der Waals surface area contributed by atoms with Crippen molar-refractivity contribution in [2.45, 2.75) is 38.1 Å². The van der Waals surface area contributed by atoms with Gasteiger partial charge in [0.2, 0.25) is 0 Å². The van der Waals surface area contributed by atoms with Crippen LogP contribution in [0.5, 0.6) is 0 Å². The summed E-state index contributed by atoms with van der Waals surface area (Å²) in [6.07, 6.45) is 10.3. The summed E-state index contributed by atoms with van der Waals surface area (Å²) in [4.78, 5) is 4.80. The van der Waals surface area contributed by atoms with Gasteiger partial charge in [0.05, 0.1) is 11.6 Å². The number of anilines is 1. The molecule has 3 rings (SSSR count). The van der Waals surface area contributed by atoms with Gasteiger partial charge in [0.15, 0.2) is 0 Å². The van der Waals surface area contributed by atoms with Gasteiger partial charge in [-0.15, -0.1) is 6.42 Å². The third kappa shape index (κ3) is 2.52. The number of hydrogen-bond acceptors (Lipinski definition) is 2. The summed E-state index contributed by atoms with van der Waals surface area (Å²) < 4.78 is 1.97. The van der Waals surface area contributed by atoms with Crippen LogP contribution in [0, 0.1) is 12.3 Å². The van der Waals surface area contributed by atoms with E-state index in [4.69, 9.17) is 28.7 Å². The maximum Gasteiger partial charge on any atom is 0.132 e. The number of rotatable bonds is 3. The van der Waals surface area contributed by atoms with E-state index in [1.807, 2.05) is 28.8 Å². The molecule has 0 bridgehead atoms. The number of halogens is 1. The predicted molar refractivity (Wildman–Crippen MR) is 87.1 cm³/mol. The molecule has 1 aliphatic rings. The fourth-order valence-corrected chi connectivity index (χ4v) is 3.31. The summed E-state index contributed by atoms with van der Waals surface area (Å²) in [5.41, 5.74) is 7.92. The lowest BCUT2D eigenvalue weighted by atomic mass is 10.1. The van der Waals surface area contributed by atoms with Crippen LogP contribution < -0.4 is 5.73 Å². The number of nitrogens with zero attached hydrogens (tertiary/aromatic N) is 2. The summed E-state index contributed by atoms with van der Waals surface area (Å²) in [7, 11) is 0. The molecule has 2 aromatic rings. The Bertz CT molecular complexity index is 691. The first-order valence-electron chi connectivity index (χ1n) is 7.26. The van der Waals surface area contributed by atoms with Gasteiger partial charge in [-0.2, -0.15) is 0 Å². The number of imidazole rings is 1. The average Bonchev–Trinajstić information content (AvgIpc) is 3.10. The van der Waals surface area contributed by atoms with Gasteiger partial charge in [0.1, 0.15) is 17.3 Å². The number of hydrogen-bond donors (Lipinski definition) is 1. The van der Waals surface area contributed by atoms with E-state index in [-0.39, 0.29) is 0 Å². The van der Waals surface area contributed by atoms with Crippen LogP contribution in [0.1, 0.15) is 37.4 Å². The van der Waals surface area contributed by atoms with Gasteiger partial charge < -0.3 is 10.3 Å². The number of benzene rings is 1. The van der Waals surface area contributed by atoms with Crippen molar-refractivity contribution in [2.75, 3.05) is 5.73 Å². The topological polar surface area (TPSA) is 43.8 Å². The highest BCUT2D eigenvalue weighted by Gasteiger charge is 2.26. The van der Waals surface area contributed by atoms with Crippen molar-refractivity contribution < 1.29 is 0 Å². The van der Waals surface area contributed by atoms with Gasteiger partial charge in [-0.1, -0.05) is 48.6 Å². The SMILES string of the molecule is C#CCn1c(C2CCCC2)nc(-c2ccccc2Cl)c1N. The maximum atomic E-state index is 6.31. The Morgan fingerprint density at radius 1 is 1.33 bits per heavy atom.